The van der Waals surface area contributed by atoms with Crippen molar-refractivity contribution in [3.05, 3.63) is 18.2 Å². The third kappa shape index (κ3) is 5.42. The fraction of sp³-hybridized carbons (Fsp3) is 0.565. The number of sulfonamides is 1. The highest BCUT2D eigenvalue weighted by Gasteiger charge is 2.57. The Morgan fingerprint density at radius 3 is 2.37 bits per heavy atom. The minimum atomic E-state index is -3.83. The molecule has 0 radical (unpaired) electrons. The average Bonchev–Trinajstić information content (AvgIpc) is 2.96. The van der Waals surface area contributed by atoms with Crippen molar-refractivity contribution >= 4 is 57.9 Å². The molecule has 0 aliphatic carbocycles. The number of hydrogen-bond acceptors (Lipinski definition) is 8. The zero-order chi connectivity index (χ0) is 26.6. The minimum Gasteiger partial charge on any atom is -0.336 e. The van der Waals surface area contributed by atoms with Crippen LogP contribution in [0, 0.1) is 16.7 Å². The van der Waals surface area contributed by atoms with Crippen molar-refractivity contribution in [3.8, 4) is 0 Å². The number of fused-ring (bicyclic) bond motifs is 1. The van der Waals surface area contributed by atoms with Crippen molar-refractivity contribution < 1.29 is 27.7 Å². The van der Waals surface area contributed by atoms with Crippen molar-refractivity contribution in [3.63, 3.8) is 0 Å². The monoisotopic (exact) mass is 525 g/mol. The van der Waals surface area contributed by atoms with Gasteiger partial charge in [-0.05, 0) is 29.4 Å². The quantitative estimate of drug-likeness (QED) is 0.282. The topological polar surface area (TPSA) is 145 Å². The van der Waals surface area contributed by atoms with Gasteiger partial charge in [0.25, 0.3) is 0 Å². The van der Waals surface area contributed by atoms with Crippen LogP contribution in [-0.2, 0) is 24.4 Å². The fourth-order valence-corrected chi connectivity index (χ4v) is 6.52. The standard InChI is InChI=1S/C23H34N4O6PS/c1-8-23(5,6)12-27-19(22(2,3)4)18(29)17(21(27)30)20-24-15-10-9-14(26-35(7,32)33)11-16(15)34(31,13-28)25-20/h9-11,13,17,19,26,31H,8,12H2,1-7H3,(H,24,25)/q+1/t17?,19-,34?/m1/s1. The number of carbonyl (C=O) groups excluding carboxylic acids is 3. The van der Waals surface area contributed by atoms with E-state index in [-0.39, 0.29) is 33.7 Å². The van der Waals surface area contributed by atoms with Crippen molar-refractivity contribution in [2.45, 2.75) is 54.0 Å². The van der Waals surface area contributed by atoms with Gasteiger partial charge in [-0.25, -0.2) is 13.3 Å². The fourth-order valence-electron chi connectivity index (χ4n) is 4.39. The largest absolute Gasteiger partial charge is 0.360 e. The Morgan fingerprint density at radius 1 is 1.23 bits per heavy atom. The summed E-state index contributed by atoms with van der Waals surface area (Å²) < 4.78 is 29.7. The van der Waals surface area contributed by atoms with Gasteiger partial charge < -0.3 is 10.2 Å². The summed E-state index contributed by atoms with van der Waals surface area (Å²) in [5, 5.41) is 3.07. The van der Waals surface area contributed by atoms with Crippen LogP contribution in [0.25, 0.3) is 0 Å². The van der Waals surface area contributed by atoms with Crippen LogP contribution in [0.3, 0.4) is 0 Å². The minimum absolute atomic E-state index is 0.0645. The number of hydrogen-bond donors (Lipinski definition) is 3. The van der Waals surface area contributed by atoms with Crippen LogP contribution in [0.15, 0.2) is 23.0 Å². The zero-order valence-electron chi connectivity index (χ0n) is 21.1. The van der Waals surface area contributed by atoms with E-state index in [1.165, 1.54) is 18.2 Å². The molecule has 3 N–H and O–H groups in total. The second-order valence-electron chi connectivity index (χ2n) is 11.1. The third-order valence-corrected chi connectivity index (χ3v) is 8.87. The van der Waals surface area contributed by atoms with Crippen molar-refractivity contribution in [1.29, 1.82) is 0 Å². The number of amides is 1. The first kappa shape index (κ1) is 27.2. The van der Waals surface area contributed by atoms with Crippen LogP contribution < -0.4 is 15.3 Å². The molecule has 0 bridgehead atoms. The molecular formula is C23H34N4O6PS+. The normalized spacial score (nSPS) is 25.1. The number of likely N-dealkylation sites (tertiary alicyclic amines) is 1. The molecule has 1 fully saturated rings. The predicted octanol–water partition coefficient (Wildman–Crippen LogP) is 2.42. The van der Waals surface area contributed by atoms with E-state index in [2.05, 4.69) is 14.8 Å². The molecule has 2 aliphatic rings. The highest BCUT2D eigenvalue weighted by Crippen LogP contribution is 2.56. The predicted molar refractivity (Wildman–Crippen MR) is 139 cm³/mol. The molecule has 35 heavy (non-hydrogen) atoms. The number of carbonyl (C=O) groups is 3. The second kappa shape index (κ2) is 8.94. The van der Waals surface area contributed by atoms with E-state index in [4.69, 9.17) is 0 Å². The van der Waals surface area contributed by atoms with Gasteiger partial charge in [-0.2, -0.15) is 0 Å². The lowest BCUT2D eigenvalue weighted by molar-refractivity contribution is -0.133. The van der Waals surface area contributed by atoms with Crippen LogP contribution in [0.1, 0.15) is 48.0 Å². The second-order valence-corrected chi connectivity index (χ2v) is 15.0. The first-order valence-corrected chi connectivity index (χ1v) is 15.0. The molecule has 0 saturated carbocycles. The molecule has 1 amide bonds. The molecule has 10 nitrogen and oxygen atoms in total. The Labute approximate surface area is 207 Å². The summed E-state index contributed by atoms with van der Waals surface area (Å²) >= 11 is 0. The number of rotatable bonds is 7. The van der Waals surface area contributed by atoms with Crippen LogP contribution in [0.5, 0.6) is 0 Å². The molecule has 2 heterocycles. The maximum atomic E-state index is 13.7. The van der Waals surface area contributed by atoms with Crippen LogP contribution in [0.2, 0.25) is 0 Å². The molecule has 3 rings (SSSR count). The summed E-state index contributed by atoms with van der Waals surface area (Å²) in [5.74, 6) is -2.10. The highest BCUT2D eigenvalue weighted by molar-refractivity contribution is 7.92. The van der Waals surface area contributed by atoms with Crippen molar-refractivity contribution in [2.24, 2.45) is 21.5 Å². The molecular weight excluding hydrogens is 491 g/mol. The Kier molecular flexibility index (Phi) is 6.96. The van der Waals surface area contributed by atoms with Crippen LogP contribution in [0.4, 0.5) is 11.4 Å². The van der Waals surface area contributed by atoms with Gasteiger partial charge in [-0.1, -0.05) is 46.3 Å². The molecule has 2 unspecified atom stereocenters. The van der Waals surface area contributed by atoms with E-state index in [1.807, 2.05) is 41.5 Å². The van der Waals surface area contributed by atoms with Gasteiger partial charge in [0, 0.05) is 12.6 Å². The highest BCUT2D eigenvalue weighted by atomic mass is 32.2. The summed E-state index contributed by atoms with van der Waals surface area (Å²) in [6, 6.07) is 3.88. The number of nitrogens with zero attached hydrogens (tertiary/aromatic N) is 2. The summed E-state index contributed by atoms with van der Waals surface area (Å²) in [4.78, 5) is 52.1. The summed E-state index contributed by atoms with van der Waals surface area (Å²) in [5.41, 5.74) is -0.318. The number of anilines is 2. The maximum absolute atomic E-state index is 13.7. The van der Waals surface area contributed by atoms with Gasteiger partial charge in [0.1, 0.15) is 0 Å². The summed E-state index contributed by atoms with van der Waals surface area (Å²) in [6.45, 7) is 12.2. The summed E-state index contributed by atoms with van der Waals surface area (Å²) in [6.07, 6.45) is 1.79. The van der Waals surface area contributed by atoms with Gasteiger partial charge >= 0.3 is 13.7 Å². The number of ketones is 1. The molecule has 1 aromatic rings. The lowest BCUT2D eigenvalue weighted by Gasteiger charge is -2.38. The molecule has 1 saturated heterocycles. The first-order valence-electron chi connectivity index (χ1n) is 11.3. The third-order valence-electron chi connectivity index (χ3n) is 6.37. The Hall–Kier alpha value is -2.36. The van der Waals surface area contributed by atoms with Crippen LogP contribution in [-0.4, -0.2) is 60.6 Å². The van der Waals surface area contributed by atoms with Gasteiger partial charge in [-0.3, -0.25) is 19.1 Å². The Balaban J connectivity index is 2.07. The maximum Gasteiger partial charge on any atom is 0.360 e. The molecule has 12 heteroatoms. The Bertz CT molecular complexity index is 1210. The van der Waals surface area contributed by atoms with E-state index >= 15 is 0 Å². The van der Waals surface area contributed by atoms with E-state index in [1.54, 1.807) is 4.90 Å². The van der Waals surface area contributed by atoms with Gasteiger partial charge in [-0.15, -0.1) is 0 Å². The number of Topliss-reactive ketones (excluding diaryl/α,β-unsaturated/α-hetero) is 1. The van der Waals surface area contributed by atoms with E-state index < -0.39 is 40.9 Å². The first-order chi connectivity index (χ1) is 15.9. The smallest absolute Gasteiger partial charge is 0.336 e. The molecule has 192 valence electrons. The van der Waals surface area contributed by atoms with Crippen molar-refractivity contribution in [1.82, 2.24) is 4.90 Å². The van der Waals surface area contributed by atoms with Crippen molar-refractivity contribution in [2.75, 3.05) is 22.8 Å². The molecule has 2 aliphatic heterocycles. The molecule has 0 spiro atoms. The van der Waals surface area contributed by atoms with Crippen LogP contribution >= 0.6 is 7.64 Å². The number of nitrogens with one attached hydrogen (secondary N) is 2. The Morgan fingerprint density at radius 2 is 1.86 bits per heavy atom. The number of amidine groups is 1. The van der Waals surface area contributed by atoms with Gasteiger partial charge in [0.2, 0.25) is 15.9 Å². The lowest BCUT2D eigenvalue weighted by atomic mass is 9.81. The van der Waals surface area contributed by atoms with E-state index in [0.717, 1.165) is 12.7 Å². The van der Waals surface area contributed by atoms with Gasteiger partial charge in [0.15, 0.2) is 22.8 Å². The van der Waals surface area contributed by atoms with Gasteiger partial charge in [0.05, 0.1) is 23.7 Å². The van der Waals surface area contributed by atoms with E-state index in [9.17, 15) is 27.7 Å². The lowest BCUT2D eigenvalue weighted by Crippen LogP contribution is -2.48. The zero-order valence-corrected chi connectivity index (χ0v) is 22.8. The average molecular weight is 526 g/mol. The summed E-state index contributed by atoms with van der Waals surface area (Å²) in [7, 11) is -7.42. The SMILES string of the molecule is CCC(C)(C)CN1C(=O)C(C2=N[P+](O)(C=O)c3cc(NS(C)(=O)=O)ccc3N2)C(=O)[C@@H]1C(C)(C)C. The van der Waals surface area contributed by atoms with E-state index in [0.29, 0.717) is 12.6 Å². The number of benzene rings is 1. The molecule has 1 aromatic carbocycles. The molecule has 3 atom stereocenters. The molecule has 0 aromatic heterocycles.